The summed E-state index contributed by atoms with van der Waals surface area (Å²) in [5, 5.41) is 59.0. The largest absolute Gasteiger partial charge is 0.480 e. The molecule has 0 bridgehead atoms. The monoisotopic (exact) mass is 872 g/mol. The number of aromatic nitrogens is 3. The summed E-state index contributed by atoms with van der Waals surface area (Å²) < 4.78 is 0. The Kier molecular flexibility index (Phi) is 33.5. The lowest BCUT2D eigenvalue weighted by Crippen LogP contribution is -2.33. The number of para-hydroxylation sites is 1. The number of benzene rings is 1. The highest BCUT2D eigenvalue weighted by atomic mass is 16.4. The van der Waals surface area contributed by atoms with Crippen LogP contribution in [0.1, 0.15) is 71.1 Å². The molecule has 61 heavy (non-hydrogen) atoms. The van der Waals surface area contributed by atoms with E-state index in [0.717, 1.165) is 29.3 Å². The number of aliphatic hydroxyl groups excluding tert-OH is 1. The lowest BCUT2D eigenvalue weighted by Gasteiger charge is -2.07. The van der Waals surface area contributed by atoms with Crippen molar-refractivity contribution in [2.45, 2.75) is 109 Å². The second-order valence-electron chi connectivity index (χ2n) is 14.2. The van der Waals surface area contributed by atoms with E-state index in [0.29, 0.717) is 49.8 Å². The van der Waals surface area contributed by atoms with E-state index in [-0.39, 0.29) is 6.42 Å². The molecule has 1 aromatic carbocycles. The Hall–Kier alpha value is -5.53. The Balaban J connectivity index is -0.000000675. The maximum atomic E-state index is 10.6. The predicted molar refractivity (Wildman–Crippen MR) is 227 cm³/mol. The number of hydrogen-bond donors (Lipinski definition) is 16. The van der Waals surface area contributed by atoms with Crippen molar-refractivity contribution in [3.8, 4) is 0 Å². The molecule has 0 fully saturated rings. The summed E-state index contributed by atoms with van der Waals surface area (Å²) in [4.78, 5) is 70.5. The van der Waals surface area contributed by atoms with Crippen LogP contribution in [0.15, 0.2) is 43.0 Å². The minimum absolute atomic E-state index is 0.263. The van der Waals surface area contributed by atoms with E-state index in [1.165, 1.54) is 6.33 Å². The minimum atomic E-state index is -1.18. The number of rotatable bonds is 19. The molecule has 0 unspecified atom stereocenters. The molecular weight excluding hydrogens is 804 g/mol. The zero-order valence-electron chi connectivity index (χ0n) is 35.1. The molecule has 0 aliphatic carbocycles. The van der Waals surface area contributed by atoms with Crippen LogP contribution in [0.3, 0.4) is 0 Å². The van der Waals surface area contributed by atoms with Crippen molar-refractivity contribution in [2.24, 2.45) is 52.0 Å². The van der Waals surface area contributed by atoms with Gasteiger partial charge in [-0.2, -0.15) is 0 Å². The van der Waals surface area contributed by atoms with Crippen molar-refractivity contribution < 1.29 is 64.5 Å². The lowest BCUT2D eigenvalue weighted by molar-refractivity contribution is -0.140. The molecule has 23 nitrogen and oxygen atoms in total. The van der Waals surface area contributed by atoms with Crippen molar-refractivity contribution in [2.75, 3.05) is 13.2 Å². The topological polar surface area (TPSA) is 471 Å². The van der Waals surface area contributed by atoms with E-state index in [9.17, 15) is 28.8 Å². The molecule has 0 amide bonds. The number of unbranched alkanes of at least 4 members (excludes halogenated alkanes) is 1. The van der Waals surface area contributed by atoms with E-state index >= 15 is 0 Å². The maximum Gasteiger partial charge on any atom is 0.322 e. The normalized spacial score (nSPS) is 13.2. The van der Waals surface area contributed by atoms with Gasteiger partial charge in [-0.15, -0.1) is 0 Å². The van der Waals surface area contributed by atoms with Crippen molar-refractivity contribution in [1.29, 1.82) is 0 Å². The summed E-state index contributed by atoms with van der Waals surface area (Å²) in [6.45, 7) is 7.89. The van der Waals surface area contributed by atoms with Crippen LogP contribution in [0, 0.1) is 11.8 Å². The molecule has 23 N–H and O–H groups in total. The van der Waals surface area contributed by atoms with Crippen molar-refractivity contribution in [3.63, 3.8) is 0 Å². The van der Waals surface area contributed by atoms with Gasteiger partial charge in [0.05, 0.1) is 18.6 Å². The number of carboxylic acids is 6. The highest BCUT2D eigenvalue weighted by Crippen LogP contribution is 2.18. The summed E-state index contributed by atoms with van der Waals surface area (Å²) in [6.07, 6.45) is 8.81. The standard InChI is InChI=1S/C11H12N2O2.C6H9N3O2.C6H14N2O2.2C6H13NO2.C3H7NO3/c12-9(11(14)15)5-7-6-13-10-4-2-1-3-8(7)10;7-5(6(10)11)1-4-2-8-3-9-4;7-4-2-1-3-5(8)6(9)10;2*1-4(2)3-5(7)6(8)9;4-2(1-5)3(6)7/h1-4,6,9,13H,5,12H2,(H,14,15);2-3,5H,1,7H2,(H,8,9)(H,10,11);5H,1-4,7-8H2,(H,9,10);2*4-5H,3,7H2,1-2H3,(H,8,9);2,5H,1,4H2,(H,6,7)/t9-;4*5-;2-/m100101/s1. The highest BCUT2D eigenvalue weighted by molar-refractivity contribution is 5.84. The number of imidazole rings is 1. The van der Waals surface area contributed by atoms with Crippen molar-refractivity contribution in [3.05, 3.63) is 54.2 Å². The molecule has 6 atom stereocenters. The van der Waals surface area contributed by atoms with Gasteiger partial charge in [0, 0.05) is 36.1 Å². The lowest BCUT2D eigenvalue weighted by atomic mass is 10.1. The number of carboxylic acid groups (broad SMARTS) is 6. The van der Waals surface area contributed by atoms with Gasteiger partial charge in [0.1, 0.15) is 36.3 Å². The van der Waals surface area contributed by atoms with Gasteiger partial charge >= 0.3 is 35.8 Å². The van der Waals surface area contributed by atoms with Crippen LogP contribution in [0.4, 0.5) is 0 Å². The molecule has 0 saturated heterocycles. The van der Waals surface area contributed by atoms with Gasteiger partial charge in [0.25, 0.3) is 0 Å². The van der Waals surface area contributed by atoms with Crippen LogP contribution in [-0.4, -0.2) is 136 Å². The SMILES string of the molecule is CC(C)C[C@@H](N)C(=O)O.CC(C)C[C@H](N)C(=O)O.NCCCC[C@H](N)C(=O)O.N[C@@H](Cc1c[nH]cn1)C(=O)O.N[C@H](CO)C(=O)O.N[C@H](Cc1c[nH]c2ccccc12)C(=O)O. The maximum absolute atomic E-state index is 10.6. The molecule has 0 aliphatic rings. The number of fused-ring (bicyclic) bond motifs is 1. The van der Waals surface area contributed by atoms with Crippen LogP contribution >= 0.6 is 0 Å². The van der Waals surface area contributed by atoms with Crippen LogP contribution < -0.4 is 40.1 Å². The third kappa shape index (κ3) is 32.0. The molecular formula is C38H68N10O13. The number of carbonyl (C=O) groups is 6. The summed E-state index contributed by atoms with van der Waals surface area (Å²) in [5.74, 6) is -5.20. The van der Waals surface area contributed by atoms with Gasteiger partial charge in [-0.3, -0.25) is 28.8 Å². The van der Waals surface area contributed by atoms with Gasteiger partial charge in [-0.1, -0.05) is 52.3 Å². The highest BCUT2D eigenvalue weighted by Gasteiger charge is 2.16. The van der Waals surface area contributed by atoms with Gasteiger partial charge < -0.3 is 85.8 Å². The Bertz CT molecular complexity index is 1650. The zero-order valence-corrected chi connectivity index (χ0v) is 35.1. The minimum Gasteiger partial charge on any atom is -0.480 e. The number of aromatic amines is 2. The number of hydrogen-bond acceptors (Lipinski definition) is 15. The molecule has 0 spiro atoms. The zero-order chi connectivity index (χ0) is 47.8. The fraction of sp³-hybridized carbons (Fsp3) is 0.553. The van der Waals surface area contributed by atoms with Crippen molar-refractivity contribution >= 4 is 46.7 Å². The van der Waals surface area contributed by atoms with Crippen molar-refractivity contribution in [1.82, 2.24) is 15.0 Å². The predicted octanol–water partition coefficient (Wildman–Crippen LogP) is -0.707. The number of nitrogens with one attached hydrogen (secondary N) is 2. The molecule has 0 radical (unpaired) electrons. The number of nitrogens with zero attached hydrogens (tertiary/aromatic N) is 1. The summed E-state index contributed by atoms with van der Waals surface area (Å²) in [6, 6.07) is 2.83. The third-order valence-corrected chi connectivity index (χ3v) is 7.62. The molecule has 3 rings (SSSR count). The average Bonchev–Trinajstić information content (AvgIpc) is 3.85. The summed E-state index contributed by atoms with van der Waals surface area (Å²) in [5.41, 5.74) is 39.0. The smallest absolute Gasteiger partial charge is 0.322 e. The van der Waals surface area contributed by atoms with Crippen LogP contribution in [0.25, 0.3) is 10.9 Å². The van der Waals surface area contributed by atoms with E-state index in [1.54, 1.807) is 6.20 Å². The van der Waals surface area contributed by atoms with Crippen LogP contribution in [-0.2, 0) is 41.6 Å². The first-order valence-corrected chi connectivity index (χ1v) is 19.1. The number of aliphatic hydroxyl groups is 1. The number of H-pyrrole nitrogens is 2. The van der Waals surface area contributed by atoms with E-state index in [1.807, 2.05) is 58.2 Å². The first kappa shape index (κ1) is 59.8. The first-order chi connectivity index (χ1) is 28.3. The molecule has 0 aliphatic heterocycles. The molecule has 2 aromatic heterocycles. The van der Waals surface area contributed by atoms with Crippen LogP contribution in [0.5, 0.6) is 0 Å². The van der Waals surface area contributed by atoms with E-state index < -0.39 is 78.7 Å². The van der Waals surface area contributed by atoms with E-state index in [2.05, 4.69) is 15.0 Å². The molecule has 348 valence electrons. The Labute approximate surface area is 354 Å². The fourth-order valence-corrected chi connectivity index (χ4v) is 4.27. The Morgan fingerprint density at radius 2 is 1.05 bits per heavy atom. The Morgan fingerprint density at radius 1 is 0.607 bits per heavy atom. The third-order valence-electron chi connectivity index (χ3n) is 7.62. The van der Waals surface area contributed by atoms with Gasteiger partial charge in [-0.05, 0) is 55.7 Å². The second-order valence-corrected chi connectivity index (χ2v) is 14.2. The first-order valence-electron chi connectivity index (χ1n) is 19.1. The number of nitrogens with two attached hydrogens (primary N) is 7. The quantitative estimate of drug-likeness (QED) is 0.0662. The average molecular weight is 873 g/mol. The molecule has 0 saturated carbocycles. The summed E-state index contributed by atoms with van der Waals surface area (Å²) in [7, 11) is 0. The van der Waals surface area contributed by atoms with Gasteiger partial charge in [0.15, 0.2) is 0 Å². The molecule has 23 heteroatoms. The second kappa shape index (κ2) is 34.2. The Morgan fingerprint density at radius 3 is 1.39 bits per heavy atom. The molecule has 2 heterocycles. The van der Waals surface area contributed by atoms with E-state index in [4.69, 9.17) is 75.9 Å². The number of aliphatic carboxylic acids is 6. The molecule has 3 aromatic rings. The fourth-order valence-electron chi connectivity index (χ4n) is 4.27. The summed E-state index contributed by atoms with van der Waals surface area (Å²) >= 11 is 0. The van der Waals surface area contributed by atoms with Gasteiger partial charge in [-0.25, -0.2) is 4.98 Å². The van der Waals surface area contributed by atoms with Gasteiger partial charge in [0.2, 0.25) is 0 Å². The van der Waals surface area contributed by atoms with Crippen LogP contribution in [0.2, 0.25) is 0 Å².